The number of urea groups is 1. The van der Waals surface area contributed by atoms with Crippen molar-refractivity contribution in [3.8, 4) is 11.8 Å². The Balaban J connectivity index is 2.03. The van der Waals surface area contributed by atoms with Crippen molar-refractivity contribution in [1.29, 1.82) is 0 Å². The number of primary amides is 1. The Morgan fingerprint density at radius 3 is 2.68 bits per heavy atom. The van der Waals surface area contributed by atoms with Crippen molar-refractivity contribution in [3.63, 3.8) is 0 Å². The van der Waals surface area contributed by atoms with Crippen LogP contribution in [0.25, 0.3) is 0 Å². The molecule has 1 aromatic carbocycles. The van der Waals surface area contributed by atoms with Crippen LogP contribution in [-0.4, -0.2) is 22.3 Å². The molecule has 0 aliphatic carbocycles. The molecule has 4 nitrogen and oxygen atoms in total. The number of hydroxylamine groups is 2. The lowest BCUT2D eigenvalue weighted by Gasteiger charge is -2.14. The molecule has 0 spiro atoms. The molecule has 2 aromatic rings. The fourth-order valence-electron chi connectivity index (χ4n) is 1.77. The maximum absolute atomic E-state index is 12.9. The van der Waals surface area contributed by atoms with Crippen LogP contribution in [0.4, 0.5) is 9.18 Å². The maximum atomic E-state index is 12.9. The van der Waals surface area contributed by atoms with E-state index in [2.05, 4.69) is 11.8 Å². The number of nitrogens with zero attached hydrogens (tertiary/aromatic N) is 1. The number of benzene rings is 1. The minimum atomic E-state index is -0.940. The predicted molar refractivity (Wildman–Crippen MR) is 83.1 cm³/mol. The van der Waals surface area contributed by atoms with Gasteiger partial charge < -0.3 is 5.73 Å². The fraction of sp³-hybridized carbons (Fsp3) is 0.188. The molecule has 2 rings (SSSR count). The van der Waals surface area contributed by atoms with E-state index in [1.54, 1.807) is 19.1 Å². The second-order valence-corrected chi connectivity index (χ2v) is 5.87. The van der Waals surface area contributed by atoms with E-state index >= 15 is 0 Å². The van der Waals surface area contributed by atoms with Crippen LogP contribution in [0.15, 0.2) is 36.4 Å². The highest BCUT2D eigenvalue weighted by Crippen LogP contribution is 2.19. The predicted octanol–water partition coefficient (Wildman–Crippen LogP) is 2.99. The number of thiophene rings is 1. The van der Waals surface area contributed by atoms with E-state index < -0.39 is 12.1 Å². The minimum absolute atomic E-state index is 0.251. The molecule has 0 radical (unpaired) electrons. The first-order chi connectivity index (χ1) is 10.5. The van der Waals surface area contributed by atoms with Crippen LogP contribution in [0.2, 0.25) is 0 Å². The second-order valence-electron chi connectivity index (χ2n) is 4.70. The SMILES string of the molecule is C[C@@H](C#Cc1ccc(Cc2ccc(F)cc2)s1)N(O)C(N)=O. The lowest BCUT2D eigenvalue weighted by molar-refractivity contribution is -0.0536. The molecule has 0 bridgehead atoms. The van der Waals surface area contributed by atoms with E-state index in [0.717, 1.165) is 15.3 Å². The van der Waals surface area contributed by atoms with Gasteiger partial charge in [-0.3, -0.25) is 5.21 Å². The molecule has 0 saturated heterocycles. The molecule has 0 unspecified atom stereocenters. The van der Waals surface area contributed by atoms with E-state index in [1.165, 1.54) is 23.5 Å². The van der Waals surface area contributed by atoms with Crippen molar-refractivity contribution >= 4 is 17.4 Å². The first kappa shape index (κ1) is 16.0. The van der Waals surface area contributed by atoms with Crippen LogP contribution in [0, 0.1) is 17.7 Å². The highest BCUT2D eigenvalue weighted by molar-refractivity contribution is 7.12. The first-order valence-electron chi connectivity index (χ1n) is 6.58. The van der Waals surface area contributed by atoms with E-state index in [-0.39, 0.29) is 5.82 Å². The van der Waals surface area contributed by atoms with Gasteiger partial charge in [-0.05, 0) is 36.8 Å². The van der Waals surface area contributed by atoms with Gasteiger partial charge in [0.15, 0.2) is 0 Å². The zero-order valence-corrected chi connectivity index (χ0v) is 12.7. The minimum Gasteiger partial charge on any atom is -0.350 e. The van der Waals surface area contributed by atoms with Crippen molar-refractivity contribution in [2.45, 2.75) is 19.4 Å². The van der Waals surface area contributed by atoms with Gasteiger partial charge in [-0.2, -0.15) is 5.06 Å². The van der Waals surface area contributed by atoms with Gasteiger partial charge in [-0.15, -0.1) is 11.3 Å². The van der Waals surface area contributed by atoms with Gasteiger partial charge in [0, 0.05) is 11.3 Å². The number of hydrogen-bond donors (Lipinski definition) is 2. The summed E-state index contributed by atoms with van der Waals surface area (Å²) in [4.78, 5) is 12.7. The number of nitrogens with two attached hydrogens (primary N) is 1. The van der Waals surface area contributed by atoms with Gasteiger partial charge >= 0.3 is 6.03 Å². The average molecular weight is 318 g/mol. The summed E-state index contributed by atoms with van der Waals surface area (Å²) in [6, 6.07) is 8.57. The lowest BCUT2D eigenvalue weighted by Crippen LogP contribution is -2.38. The van der Waals surface area contributed by atoms with E-state index in [1.807, 2.05) is 12.1 Å². The second kappa shape index (κ2) is 7.07. The summed E-state index contributed by atoms with van der Waals surface area (Å²) in [6.45, 7) is 1.57. The molecule has 3 N–H and O–H groups in total. The molecule has 6 heteroatoms. The van der Waals surface area contributed by atoms with Gasteiger partial charge in [0.1, 0.15) is 11.9 Å². The first-order valence-corrected chi connectivity index (χ1v) is 7.39. The molecular formula is C16H15FN2O2S. The number of amides is 2. The van der Waals surface area contributed by atoms with Crippen molar-refractivity contribution in [1.82, 2.24) is 5.06 Å². The average Bonchev–Trinajstić information content (AvgIpc) is 2.94. The smallest absolute Gasteiger partial charge is 0.339 e. The number of carbonyl (C=O) groups excluding carboxylic acids is 1. The summed E-state index contributed by atoms with van der Waals surface area (Å²) in [7, 11) is 0. The van der Waals surface area contributed by atoms with Gasteiger partial charge in [0.05, 0.1) is 4.88 Å². The molecule has 1 heterocycles. The summed E-state index contributed by atoms with van der Waals surface area (Å²) in [6.07, 6.45) is 0.704. The Kier molecular flexibility index (Phi) is 5.15. The van der Waals surface area contributed by atoms with Crippen molar-refractivity contribution in [2.24, 2.45) is 5.73 Å². The Bertz CT molecular complexity index is 716. The third-order valence-electron chi connectivity index (χ3n) is 2.95. The molecule has 0 aliphatic rings. The molecule has 114 valence electrons. The van der Waals surface area contributed by atoms with E-state index in [9.17, 15) is 14.4 Å². The summed E-state index contributed by atoms with van der Waals surface area (Å²) in [5.41, 5.74) is 5.97. The largest absolute Gasteiger partial charge is 0.350 e. The van der Waals surface area contributed by atoms with E-state index in [4.69, 9.17) is 5.73 Å². The normalized spacial score (nSPS) is 11.4. The number of halogens is 1. The van der Waals surface area contributed by atoms with Crippen LogP contribution >= 0.6 is 11.3 Å². The molecular weight excluding hydrogens is 303 g/mol. The molecule has 2 amide bonds. The monoisotopic (exact) mass is 318 g/mol. The van der Waals surface area contributed by atoms with Gasteiger partial charge in [0.2, 0.25) is 0 Å². The lowest BCUT2D eigenvalue weighted by atomic mass is 10.1. The van der Waals surface area contributed by atoms with Crippen molar-refractivity contribution in [3.05, 3.63) is 57.5 Å². The number of carbonyl (C=O) groups is 1. The zero-order chi connectivity index (χ0) is 16.1. The summed E-state index contributed by atoms with van der Waals surface area (Å²) in [5, 5.41) is 9.71. The summed E-state index contributed by atoms with van der Waals surface area (Å²) < 4.78 is 12.9. The topological polar surface area (TPSA) is 66.6 Å². The molecule has 0 aliphatic heterocycles. The van der Waals surface area contributed by atoms with Gasteiger partial charge in [-0.1, -0.05) is 24.0 Å². The number of hydrogen-bond acceptors (Lipinski definition) is 3. The van der Waals surface area contributed by atoms with Gasteiger partial charge in [-0.25, -0.2) is 9.18 Å². The molecule has 22 heavy (non-hydrogen) atoms. The number of rotatable bonds is 3. The highest BCUT2D eigenvalue weighted by Gasteiger charge is 2.11. The van der Waals surface area contributed by atoms with Crippen LogP contribution in [0.1, 0.15) is 22.2 Å². The Labute approximate surface area is 131 Å². The van der Waals surface area contributed by atoms with Crippen LogP contribution in [0.3, 0.4) is 0 Å². The fourth-order valence-corrected chi connectivity index (χ4v) is 2.67. The molecule has 1 atom stereocenters. The standard InChI is InChI=1S/C16H15FN2O2S/c1-11(19(21)16(18)20)2-7-14-8-9-15(22-14)10-12-3-5-13(17)6-4-12/h3-6,8-9,11,21H,10H2,1H3,(H2,18,20)/t11-/m0/s1. The zero-order valence-electron chi connectivity index (χ0n) is 11.9. The quantitative estimate of drug-likeness (QED) is 0.519. The van der Waals surface area contributed by atoms with Crippen molar-refractivity contribution < 1.29 is 14.4 Å². The van der Waals surface area contributed by atoms with Gasteiger partial charge in [0.25, 0.3) is 0 Å². The molecule has 1 aromatic heterocycles. The molecule has 0 fully saturated rings. The summed E-state index contributed by atoms with van der Waals surface area (Å²) in [5.74, 6) is 5.39. The van der Waals surface area contributed by atoms with Crippen LogP contribution < -0.4 is 5.73 Å². The summed E-state index contributed by atoms with van der Waals surface area (Å²) >= 11 is 1.51. The van der Waals surface area contributed by atoms with E-state index in [0.29, 0.717) is 11.5 Å². The van der Waals surface area contributed by atoms with Crippen LogP contribution in [0.5, 0.6) is 0 Å². The molecule has 0 saturated carbocycles. The highest BCUT2D eigenvalue weighted by atomic mass is 32.1. The Morgan fingerprint density at radius 1 is 1.36 bits per heavy atom. The third kappa shape index (κ3) is 4.32. The third-order valence-corrected chi connectivity index (χ3v) is 3.95. The Hall–Kier alpha value is -2.36. The Morgan fingerprint density at radius 2 is 2.05 bits per heavy atom. The maximum Gasteiger partial charge on any atom is 0.339 e. The van der Waals surface area contributed by atoms with Crippen LogP contribution in [-0.2, 0) is 6.42 Å². The van der Waals surface area contributed by atoms with Crippen molar-refractivity contribution in [2.75, 3.05) is 0 Å².